The number of halogens is 3. The number of piperazine rings is 1. The molecule has 23 heavy (non-hydrogen) atoms. The number of hydrogen-bond donors (Lipinski definition) is 0. The third-order valence-electron chi connectivity index (χ3n) is 4.81. The summed E-state index contributed by atoms with van der Waals surface area (Å²) in [5.74, 6) is -0.107. The molecule has 1 aliphatic carbocycles. The number of rotatable bonds is 5. The summed E-state index contributed by atoms with van der Waals surface area (Å²) in [6.45, 7) is 5.14. The van der Waals surface area contributed by atoms with Crippen LogP contribution in [-0.4, -0.2) is 55.9 Å². The molecule has 0 N–H and O–H groups in total. The van der Waals surface area contributed by atoms with Gasteiger partial charge in [0.25, 0.3) is 0 Å². The Morgan fingerprint density at radius 2 is 1.91 bits per heavy atom. The van der Waals surface area contributed by atoms with Gasteiger partial charge in [-0.3, -0.25) is 0 Å². The second-order valence-corrected chi connectivity index (χ2v) is 6.84. The van der Waals surface area contributed by atoms with Crippen LogP contribution >= 0.6 is 0 Å². The third kappa shape index (κ3) is 4.61. The van der Waals surface area contributed by atoms with Crippen LogP contribution in [-0.2, 0) is 6.42 Å². The van der Waals surface area contributed by atoms with E-state index in [1.165, 1.54) is 6.07 Å². The summed E-state index contributed by atoms with van der Waals surface area (Å²) < 4.78 is 41.7. The normalized spacial score (nSPS) is 22.1. The topological polar surface area (TPSA) is 15.7 Å². The fourth-order valence-electron chi connectivity index (χ4n) is 3.26. The summed E-state index contributed by atoms with van der Waals surface area (Å²) in [5, 5.41) is 0. The van der Waals surface area contributed by atoms with Crippen LogP contribution in [0.15, 0.2) is 18.2 Å². The summed E-state index contributed by atoms with van der Waals surface area (Å²) in [5.41, 5.74) is 0.744. The molecule has 1 radical (unpaired) electrons. The number of alkyl halides is 3. The fourth-order valence-corrected chi connectivity index (χ4v) is 3.26. The molecule has 2 fully saturated rings. The Morgan fingerprint density at radius 3 is 2.52 bits per heavy atom. The van der Waals surface area contributed by atoms with Gasteiger partial charge >= 0.3 is 6.36 Å². The molecule has 3 rings (SSSR count). The molecule has 1 aromatic rings. The van der Waals surface area contributed by atoms with Crippen molar-refractivity contribution in [3.63, 3.8) is 0 Å². The van der Waals surface area contributed by atoms with Gasteiger partial charge in [0, 0.05) is 32.7 Å². The van der Waals surface area contributed by atoms with Crippen LogP contribution in [0.1, 0.15) is 18.4 Å². The molecule has 127 valence electrons. The zero-order chi connectivity index (χ0) is 16.5. The van der Waals surface area contributed by atoms with Crippen molar-refractivity contribution in [3.05, 3.63) is 29.8 Å². The molecule has 1 saturated heterocycles. The minimum atomic E-state index is -4.65. The van der Waals surface area contributed by atoms with Crippen LogP contribution in [0.5, 0.6) is 5.75 Å². The highest BCUT2D eigenvalue weighted by Crippen LogP contribution is 2.50. The van der Waals surface area contributed by atoms with Gasteiger partial charge in [0.2, 0.25) is 0 Å². The predicted octanol–water partition coefficient (Wildman–Crippen LogP) is 2.96. The van der Waals surface area contributed by atoms with Gasteiger partial charge in [0.15, 0.2) is 0 Å². The number of ether oxygens (including phenoxy) is 1. The molecule has 6 heteroatoms. The molecule has 0 unspecified atom stereocenters. The zero-order valence-electron chi connectivity index (χ0n) is 13.3. The molecule has 1 aromatic carbocycles. The third-order valence-corrected chi connectivity index (χ3v) is 4.81. The first kappa shape index (κ1) is 16.6. The first-order chi connectivity index (χ1) is 10.9. The Balaban J connectivity index is 1.65. The lowest BCUT2D eigenvalue weighted by molar-refractivity contribution is -0.274. The number of likely N-dealkylation sites (N-methyl/N-ethyl adjacent to an activating group) is 1. The van der Waals surface area contributed by atoms with Crippen molar-refractivity contribution < 1.29 is 17.9 Å². The molecular weight excluding hydrogens is 305 g/mol. The molecule has 0 bridgehead atoms. The Bertz CT molecular complexity index is 535. The molecular formula is C17H22F3N2O. The van der Waals surface area contributed by atoms with Crippen LogP contribution in [0.25, 0.3) is 0 Å². The molecule has 1 heterocycles. The molecule has 0 amide bonds. The van der Waals surface area contributed by atoms with Gasteiger partial charge in [-0.2, -0.15) is 0 Å². The van der Waals surface area contributed by atoms with Crippen molar-refractivity contribution in [3.8, 4) is 5.75 Å². The van der Waals surface area contributed by atoms with Gasteiger partial charge in [-0.25, -0.2) is 0 Å². The minimum absolute atomic E-state index is 0.107. The molecule has 0 aromatic heterocycles. The summed E-state index contributed by atoms with van der Waals surface area (Å²) in [7, 11) is 2.12. The zero-order valence-corrected chi connectivity index (χ0v) is 13.3. The quantitative estimate of drug-likeness (QED) is 0.827. The van der Waals surface area contributed by atoms with Crippen LogP contribution in [0.3, 0.4) is 0 Å². The first-order valence-corrected chi connectivity index (χ1v) is 8.01. The van der Waals surface area contributed by atoms with E-state index in [0.717, 1.165) is 45.6 Å². The van der Waals surface area contributed by atoms with Crippen molar-refractivity contribution in [2.24, 2.45) is 5.41 Å². The van der Waals surface area contributed by atoms with E-state index in [-0.39, 0.29) is 11.2 Å². The Kier molecular flexibility index (Phi) is 4.56. The van der Waals surface area contributed by atoms with E-state index in [4.69, 9.17) is 0 Å². The molecule has 0 spiro atoms. The fraction of sp³-hybridized carbons (Fsp3) is 0.647. The van der Waals surface area contributed by atoms with Gasteiger partial charge in [0.1, 0.15) is 5.75 Å². The van der Waals surface area contributed by atoms with Gasteiger partial charge in [-0.05, 0) is 49.4 Å². The first-order valence-electron chi connectivity index (χ1n) is 8.01. The highest BCUT2D eigenvalue weighted by molar-refractivity contribution is 5.34. The van der Waals surface area contributed by atoms with Crippen molar-refractivity contribution in [2.45, 2.75) is 25.6 Å². The van der Waals surface area contributed by atoms with E-state index in [0.29, 0.717) is 12.0 Å². The van der Waals surface area contributed by atoms with Gasteiger partial charge in [-0.1, -0.05) is 12.1 Å². The summed E-state index contributed by atoms with van der Waals surface area (Å²) in [6, 6.07) is 7.32. The average Bonchev–Trinajstić information content (AvgIpc) is 3.22. The van der Waals surface area contributed by atoms with E-state index < -0.39 is 6.36 Å². The SMILES string of the molecule is CN1CCN(CC2(Cc3cc[c]cc3OC(F)(F)F)CC2)CC1. The molecule has 3 nitrogen and oxygen atoms in total. The number of nitrogens with zero attached hydrogens (tertiary/aromatic N) is 2. The highest BCUT2D eigenvalue weighted by Gasteiger charge is 2.45. The lowest BCUT2D eigenvalue weighted by Crippen LogP contribution is -2.46. The molecule has 0 atom stereocenters. The Hall–Kier alpha value is -1.27. The highest BCUT2D eigenvalue weighted by atomic mass is 19.4. The smallest absolute Gasteiger partial charge is 0.405 e. The maximum Gasteiger partial charge on any atom is 0.573 e. The van der Waals surface area contributed by atoms with E-state index in [1.807, 2.05) is 0 Å². The lowest BCUT2D eigenvalue weighted by atomic mass is 9.95. The van der Waals surface area contributed by atoms with Crippen molar-refractivity contribution in [2.75, 3.05) is 39.8 Å². The maximum absolute atomic E-state index is 12.5. The summed E-state index contributed by atoms with van der Waals surface area (Å²) >= 11 is 0. The summed E-state index contributed by atoms with van der Waals surface area (Å²) in [4.78, 5) is 4.74. The van der Waals surface area contributed by atoms with E-state index in [2.05, 4.69) is 27.7 Å². The number of hydrogen-bond acceptors (Lipinski definition) is 3. The van der Waals surface area contributed by atoms with Crippen LogP contribution in [0.2, 0.25) is 0 Å². The molecule has 1 saturated carbocycles. The van der Waals surface area contributed by atoms with Gasteiger partial charge < -0.3 is 14.5 Å². The van der Waals surface area contributed by atoms with Crippen molar-refractivity contribution in [1.29, 1.82) is 0 Å². The predicted molar refractivity (Wildman–Crippen MR) is 81.3 cm³/mol. The van der Waals surface area contributed by atoms with E-state index >= 15 is 0 Å². The van der Waals surface area contributed by atoms with Gasteiger partial charge in [0.05, 0.1) is 0 Å². The van der Waals surface area contributed by atoms with Crippen LogP contribution < -0.4 is 4.74 Å². The lowest BCUT2D eigenvalue weighted by Gasteiger charge is -2.35. The standard InChI is InChI=1S/C17H22F3N2O/c1-21-8-10-22(11-9-21)13-16(6-7-16)12-14-4-2-3-5-15(14)23-17(18,19)20/h2,4-5H,6-13H2,1H3. The molecule has 2 aliphatic rings. The van der Waals surface area contributed by atoms with Crippen molar-refractivity contribution >= 4 is 0 Å². The minimum Gasteiger partial charge on any atom is -0.405 e. The second-order valence-electron chi connectivity index (χ2n) is 6.84. The second kappa shape index (κ2) is 6.32. The Labute approximate surface area is 135 Å². The summed E-state index contributed by atoms with van der Waals surface area (Å²) in [6.07, 6.45) is -1.87. The van der Waals surface area contributed by atoms with E-state index in [9.17, 15) is 13.2 Å². The van der Waals surface area contributed by atoms with E-state index in [1.54, 1.807) is 12.1 Å². The monoisotopic (exact) mass is 327 g/mol. The van der Waals surface area contributed by atoms with Gasteiger partial charge in [-0.15, -0.1) is 13.2 Å². The Morgan fingerprint density at radius 1 is 1.22 bits per heavy atom. The van der Waals surface area contributed by atoms with Crippen LogP contribution in [0, 0.1) is 11.5 Å². The largest absolute Gasteiger partial charge is 0.573 e. The molecule has 1 aliphatic heterocycles. The average molecular weight is 327 g/mol. The maximum atomic E-state index is 12.5. The van der Waals surface area contributed by atoms with Crippen molar-refractivity contribution in [1.82, 2.24) is 9.80 Å². The number of benzene rings is 1. The van der Waals surface area contributed by atoms with Crippen LogP contribution in [0.4, 0.5) is 13.2 Å².